The van der Waals surface area contributed by atoms with Gasteiger partial charge in [0.2, 0.25) is 15.9 Å². The van der Waals surface area contributed by atoms with E-state index in [9.17, 15) is 22.0 Å². The second-order valence-corrected chi connectivity index (χ2v) is 7.37. The molecule has 0 radical (unpaired) electrons. The number of rotatable bonds is 6. The van der Waals surface area contributed by atoms with E-state index in [1.807, 2.05) is 0 Å². The Morgan fingerprint density at radius 1 is 1.19 bits per heavy atom. The number of hydrogen-bond acceptors (Lipinski definition) is 4. The van der Waals surface area contributed by atoms with E-state index in [0.29, 0.717) is 6.07 Å². The molecule has 0 unspecified atom stereocenters. The van der Waals surface area contributed by atoms with Gasteiger partial charge in [-0.3, -0.25) is 4.79 Å². The second kappa shape index (κ2) is 7.98. The minimum Gasteiger partial charge on any atom is -0.495 e. The lowest BCUT2D eigenvalue weighted by Gasteiger charge is -2.16. The highest BCUT2D eigenvalue weighted by Gasteiger charge is 2.26. The first kappa shape index (κ1) is 20.1. The monoisotopic (exact) mass is 404 g/mol. The van der Waals surface area contributed by atoms with Crippen molar-refractivity contribution in [2.75, 3.05) is 12.4 Å². The molecule has 140 valence electrons. The van der Waals surface area contributed by atoms with Crippen molar-refractivity contribution in [3.8, 4) is 5.75 Å². The van der Waals surface area contributed by atoms with Gasteiger partial charge in [0.15, 0.2) is 0 Å². The molecule has 2 aromatic rings. The molecule has 1 amide bonds. The van der Waals surface area contributed by atoms with Gasteiger partial charge in [-0.05, 0) is 37.3 Å². The lowest BCUT2D eigenvalue weighted by atomic mass is 10.2. The molecule has 0 fully saturated rings. The van der Waals surface area contributed by atoms with Gasteiger partial charge in [0.25, 0.3) is 0 Å². The molecule has 0 aliphatic rings. The molecule has 0 aromatic heterocycles. The SMILES string of the molecule is COc1ccc(Cl)cc1S(=O)(=O)N[C@@H](C)C(=O)Nc1ccc(F)cc1F. The lowest BCUT2D eigenvalue weighted by Crippen LogP contribution is -2.41. The van der Waals surface area contributed by atoms with E-state index in [2.05, 4.69) is 10.0 Å². The van der Waals surface area contributed by atoms with Gasteiger partial charge in [-0.15, -0.1) is 0 Å². The molecule has 0 saturated carbocycles. The molecule has 0 heterocycles. The highest BCUT2D eigenvalue weighted by molar-refractivity contribution is 7.89. The van der Waals surface area contributed by atoms with Crippen LogP contribution in [0.15, 0.2) is 41.3 Å². The van der Waals surface area contributed by atoms with Crippen LogP contribution < -0.4 is 14.8 Å². The van der Waals surface area contributed by atoms with Crippen LogP contribution >= 0.6 is 11.6 Å². The summed E-state index contributed by atoms with van der Waals surface area (Å²) in [7, 11) is -2.87. The van der Waals surface area contributed by atoms with Crippen LogP contribution in [0.2, 0.25) is 5.02 Å². The van der Waals surface area contributed by atoms with Gasteiger partial charge in [0.1, 0.15) is 22.3 Å². The molecule has 0 aliphatic heterocycles. The minimum atomic E-state index is -4.15. The topological polar surface area (TPSA) is 84.5 Å². The Morgan fingerprint density at radius 3 is 2.50 bits per heavy atom. The number of benzene rings is 2. The number of anilines is 1. The van der Waals surface area contributed by atoms with Crippen molar-refractivity contribution in [3.63, 3.8) is 0 Å². The standard InChI is InChI=1S/C16H15ClF2N2O4S/c1-9(16(22)20-13-5-4-11(18)8-12(13)19)21-26(23,24)15-7-10(17)3-6-14(15)25-2/h3-9,21H,1-2H3,(H,20,22)/t9-/m0/s1. The van der Waals surface area contributed by atoms with Crippen molar-refractivity contribution in [2.24, 2.45) is 0 Å². The van der Waals surface area contributed by atoms with E-state index in [4.69, 9.17) is 16.3 Å². The Morgan fingerprint density at radius 2 is 1.88 bits per heavy atom. The molecule has 0 spiro atoms. The van der Waals surface area contributed by atoms with Gasteiger partial charge in [0, 0.05) is 11.1 Å². The highest BCUT2D eigenvalue weighted by Crippen LogP contribution is 2.27. The zero-order valence-electron chi connectivity index (χ0n) is 13.7. The zero-order chi connectivity index (χ0) is 19.5. The first-order chi connectivity index (χ1) is 12.1. The number of hydrogen-bond donors (Lipinski definition) is 2. The Balaban J connectivity index is 2.18. The number of methoxy groups -OCH3 is 1. The summed E-state index contributed by atoms with van der Waals surface area (Å²) in [4.78, 5) is 11.9. The zero-order valence-corrected chi connectivity index (χ0v) is 15.3. The van der Waals surface area contributed by atoms with E-state index in [1.54, 1.807) is 0 Å². The predicted octanol–water partition coefficient (Wildman–Crippen LogP) is 2.93. The van der Waals surface area contributed by atoms with Crippen LogP contribution in [0.25, 0.3) is 0 Å². The first-order valence-electron chi connectivity index (χ1n) is 7.26. The average Bonchev–Trinajstić information content (AvgIpc) is 2.56. The Hall–Kier alpha value is -2.23. The molecule has 6 nitrogen and oxygen atoms in total. The van der Waals surface area contributed by atoms with Gasteiger partial charge >= 0.3 is 0 Å². The van der Waals surface area contributed by atoms with Gasteiger partial charge in [-0.1, -0.05) is 11.6 Å². The van der Waals surface area contributed by atoms with Crippen LogP contribution in [0, 0.1) is 11.6 Å². The van der Waals surface area contributed by atoms with E-state index >= 15 is 0 Å². The summed E-state index contributed by atoms with van der Waals surface area (Å²) in [5, 5.41) is 2.35. The molecule has 2 N–H and O–H groups in total. The molecule has 0 aliphatic carbocycles. The number of amides is 1. The van der Waals surface area contributed by atoms with E-state index in [1.165, 1.54) is 32.2 Å². The van der Waals surface area contributed by atoms with E-state index in [0.717, 1.165) is 12.1 Å². The summed E-state index contributed by atoms with van der Waals surface area (Å²) in [6.45, 7) is 1.27. The molecule has 1 atom stereocenters. The lowest BCUT2D eigenvalue weighted by molar-refractivity contribution is -0.117. The molecular formula is C16H15ClF2N2O4S. The fraction of sp³-hybridized carbons (Fsp3) is 0.188. The smallest absolute Gasteiger partial charge is 0.245 e. The molecule has 0 saturated heterocycles. The highest BCUT2D eigenvalue weighted by atomic mass is 35.5. The summed E-state index contributed by atoms with van der Waals surface area (Å²) in [5.41, 5.74) is -0.275. The number of sulfonamides is 1. The van der Waals surface area contributed by atoms with Crippen LogP contribution in [0.4, 0.5) is 14.5 Å². The third-order valence-corrected chi connectivity index (χ3v) is 5.13. The average molecular weight is 405 g/mol. The van der Waals surface area contributed by atoms with Gasteiger partial charge in [-0.25, -0.2) is 17.2 Å². The Kier molecular flexibility index (Phi) is 6.17. The number of ether oxygens (including phenoxy) is 1. The third-order valence-electron chi connectivity index (χ3n) is 3.33. The Bertz CT molecular complexity index is 938. The fourth-order valence-electron chi connectivity index (χ4n) is 2.04. The van der Waals surface area contributed by atoms with Crippen molar-refractivity contribution in [2.45, 2.75) is 17.9 Å². The maximum absolute atomic E-state index is 13.6. The summed E-state index contributed by atoms with van der Waals surface area (Å²) >= 11 is 5.82. The van der Waals surface area contributed by atoms with Crippen molar-refractivity contribution in [1.82, 2.24) is 4.72 Å². The van der Waals surface area contributed by atoms with Gasteiger partial charge in [0.05, 0.1) is 18.8 Å². The van der Waals surface area contributed by atoms with Crippen LogP contribution in [0.5, 0.6) is 5.75 Å². The summed E-state index contributed by atoms with van der Waals surface area (Å²) < 4.78 is 58.6. The fourth-order valence-corrected chi connectivity index (χ4v) is 3.68. The van der Waals surface area contributed by atoms with Crippen LogP contribution in [-0.2, 0) is 14.8 Å². The Labute approximate surface area is 154 Å². The van der Waals surface area contributed by atoms with Gasteiger partial charge < -0.3 is 10.1 Å². The van der Waals surface area contributed by atoms with E-state index in [-0.39, 0.29) is 21.4 Å². The molecular weight excluding hydrogens is 390 g/mol. The molecule has 26 heavy (non-hydrogen) atoms. The van der Waals surface area contributed by atoms with Crippen molar-refractivity contribution >= 4 is 33.2 Å². The van der Waals surface area contributed by atoms with Crippen LogP contribution in [-0.4, -0.2) is 27.5 Å². The molecule has 0 bridgehead atoms. The molecule has 2 rings (SSSR count). The van der Waals surface area contributed by atoms with Crippen molar-refractivity contribution in [3.05, 3.63) is 53.1 Å². The molecule has 2 aromatic carbocycles. The summed E-state index contributed by atoms with van der Waals surface area (Å²) in [6.07, 6.45) is 0. The van der Waals surface area contributed by atoms with Gasteiger partial charge in [-0.2, -0.15) is 4.72 Å². The van der Waals surface area contributed by atoms with Crippen LogP contribution in [0.3, 0.4) is 0 Å². The maximum atomic E-state index is 13.6. The van der Waals surface area contributed by atoms with Crippen LogP contribution in [0.1, 0.15) is 6.92 Å². The summed E-state index contributed by atoms with van der Waals surface area (Å²) in [6, 6.07) is 5.33. The molecule has 10 heteroatoms. The normalized spacial score (nSPS) is 12.5. The predicted molar refractivity (Wildman–Crippen MR) is 92.8 cm³/mol. The number of halogens is 3. The van der Waals surface area contributed by atoms with Crippen molar-refractivity contribution in [1.29, 1.82) is 0 Å². The summed E-state index contributed by atoms with van der Waals surface area (Å²) in [5.74, 6) is -2.58. The maximum Gasteiger partial charge on any atom is 0.245 e. The number of nitrogens with one attached hydrogen (secondary N) is 2. The number of carbonyl (C=O) groups is 1. The van der Waals surface area contributed by atoms with E-state index < -0.39 is 33.6 Å². The third kappa shape index (κ3) is 4.69. The quantitative estimate of drug-likeness (QED) is 0.775. The second-order valence-electron chi connectivity index (χ2n) is 5.25. The minimum absolute atomic E-state index is 0.0408. The largest absolute Gasteiger partial charge is 0.495 e. The van der Waals surface area contributed by atoms with Crippen molar-refractivity contribution < 1.29 is 26.7 Å². The first-order valence-corrected chi connectivity index (χ1v) is 9.12. The number of carbonyl (C=O) groups excluding carboxylic acids is 1.